The standard InChI is InChI=1S/C13H13BrF2N2/c1-4-17-12-6(2)7(3)18-13-9(16)5-8(15)11(14)10(12)13/h5H,4H2,1-3H3,(H,17,18). The SMILES string of the molecule is CCNc1c(C)c(C)nc2c(F)cc(F)c(Br)c12. The molecule has 0 aliphatic carbocycles. The van der Waals surface area contributed by atoms with Gasteiger partial charge in [-0.05, 0) is 42.3 Å². The second kappa shape index (κ2) is 4.80. The molecule has 2 aromatic rings. The number of nitrogens with one attached hydrogen (secondary N) is 1. The normalized spacial score (nSPS) is 11.0. The zero-order valence-corrected chi connectivity index (χ0v) is 12.0. The Labute approximate surface area is 113 Å². The minimum atomic E-state index is -0.645. The Morgan fingerprint density at radius 2 is 1.94 bits per heavy atom. The first kappa shape index (κ1) is 13.2. The lowest BCUT2D eigenvalue weighted by Gasteiger charge is -2.15. The predicted molar refractivity (Wildman–Crippen MR) is 73.0 cm³/mol. The lowest BCUT2D eigenvalue weighted by atomic mass is 10.1. The van der Waals surface area contributed by atoms with Crippen molar-refractivity contribution < 1.29 is 8.78 Å². The molecule has 18 heavy (non-hydrogen) atoms. The molecule has 1 heterocycles. The van der Waals surface area contributed by atoms with Gasteiger partial charge < -0.3 is 5.32 Å². The number of hydrogen-bond donors (Lipinski definition) is 1. The maximum absolute atomic E-state index is 13.8. The van der Waals surface area contributed by atoms with Gasteiger partial charge in [0.1, 0.15) is 11.3 Å². The van der Waals surface area contributed by atoms with Gasteiger partial charge in [0, 0.05) is 29.4 Å². The van der Waals surface area contributed by atoms with Gasteiger partial charge in [-0.2, -0.15) is 0 Å². The summed E-state index contributed by atoms with van der Waals surface area (Å²) in [5, 5.41) is 3.61. The number of halogens is 3. The van der Waals surface area contributed by atoms with Gasteiger partial charge >= 0.3 is 0 Å². The van der Waals surface area contributed by atoms with Crippen LogP contribution >= 0.6 is 15.9 Å². The van der Waals surface area contributed by atoms with E-state index in [0.29, 0.717) is 11.9 Å². The second-order valence-corrected chi connectivity index (χ2v) is 4.90. The molecule has 0 aliphatic heterocycles. The van der Waals surface area contributed by atoms with Crippen molar-refractivity contribution in [3.8, 4) is 0 Å². The fraction of sp³-hybridized carbons (Fsp3) is 0.308. The molecule has 0 bridgehead atoms. The lowest BCUT2D eigenvalue weighted by Crippen LogP contribution is -2.05. The van der Waals surface area contributed by atoms with Crippen LogP contribution in [-0.4, -0.2) is 11.5 Å². The van der Waals surface area contributed by atoms with E-state index < -0.39 is 11.6 Å². The summed E-state index contributed by atoms with van der Waals surface area (Å²) in [6, 6.07) is 0.851. The Morgan fingerprint density at radius 1 is 1.28 bits per heavy atom. The number of benzene rings is 1. The molecule has 0 fully saturated rings. The van der Waals surface area contributed by atoms with Crippen LogP contribution in [-0.2, 0) is 0 Å². The fourth-order valence-electron chi connectivity index (χ4n) is 1.94. The summed E-state index contributed by atoms with van der Waals surface area (Å²) in [5.41, 5.74) is 2.54. The van der Waals surface area contributed by atoms with Gasteiger partial charge in [0.25, 0.3) is 0 Å². The summed E-state index contributed by atoms with van der Waals surface area (Å²) in [6.45, 7) is 6.30. The third-order valence-corrected chi connectivity index (χ3v) is 3.72. The summed E-state index contributed by atoms with van der Waals surface area (Å²) < 4.78 is 27.7. The Morgan fingerprint density at radius 3 is 2.56 bits per heavy atom. The van der Waals surface area contributed by atoms with Gasteiger partial charge in [0.15, 0.2) is 5.82 Å². The van der Waals surface area contributed by atoms with Crippen molar-refractivity contribution >= 4 is 32.5 Å². The molecule has 1 aromatic heterocycles. The van der Waals surface area contributed by atoms with Gasteiger partial charge in [-0.1, -0.05) is 0 Å². The zero-order valence-electron chi connectivity index (χ0n) is 10.4. The average molecular weight is 315 g/mol. The topological polar surface area (TPSA) is 24.9 Å². The van der Waals surface area contributed by atoms with E-state index in [1.54, 1.807) is 0 Å². The summed E-state index contributed by atoms with van der Waals surface area (Å²) in [7, 11) is 0. The maximum atomic E-state index is 13.8. The van der Waals surface area contributed by atoms with Crippen LogP contribution < -0.4 is 5.32 Å². The average Bonchev–Trinajstić information content (AvgIpc) is 2.32. The number of rotatable bonds is 2. The van der Waals surface area contributed by atoms with Crippen molar-refractivity contribution in [2.24, 2.45) is 0 Å². The molecule has 0 amide bonds. The predicted octanol–water partition coefficient (Wildman–Crippen LogP) is 4.32. The molecule has 0 saturated heterocycles. The van der Waals surface area contributed by atoms with Crippen LogP contribution in [0.4, 0.5) is 14.5 Å². The maximum Gasteiger partial charge on any atom is 0.152 e. The number of aryl methyl sites for hydroxylation is 1. The number of anilines is 1. The highest BCUT2D eigenvalue weighted by Gasteiger charge is 2.18. The molecular weight excluding hydrogens is 302 g/mol. The quantitative estimate of drug-likeness (QED) is 0.835. The first-order valence-electron chi connectivity index (χ1n) is 5.65. The number of fused-ring (bicyclic) bond motifs is 1. The Balaban J connectivity index is 2.97. The Bertz CT molecular complexity index is 626. The van der Waals surface area contributed by atoms with Crippen LogP contribution in [0.2, 0.25) is 0 Å². The van der Waals surface area contributed by atoms with E-state index in [1.165, 1.54) is 0 Å². The third kappa shape index (κ3) is 1.96. The van der Waals surface area contributed by atoms with Crippen molar-refractivity contribution in [2.45, 2.75) is 20.8 Å². The van der Waals surface area contributed by atoms with E-state index in [4.69, 9.17) is 0 Å². The first-order valence-corrected chi connectivity index (χ1v) is 6.45. The van der Waals surface area contributed by atoms with Gasteiger partial charge in [0.2, 0.25) is 0 Å². The van der Waals surface area contributed by atoms with E-state index in [9.17, 15) is 8.78 Å². The molecule has 0 saturated carbocycles. The molecule has 0 unspecified atom stereocenters. The summed E-state index contributed by atoms with van der Waals surface area (Å²) in [6.07, 6.45) is 0. The van der Waals surface area contributed by atoms with Crippen molar-refractivity contribution in [3.05, 3.63) is 33.4 Å². The zero-order chi connectivity index (χ0) is 13.4. The third-order valence-electron chi connectivity index (χ3n) is 2.95. The van der Waals surface area contributed by atoms with Crippen molar-refractivity contribution in [1.82, 2.24) is 4.98 Å². The van der Waals surface area contributed by atoms with E-state index in [0.717, 1.165) is 23.0 Å². The molecule has 2 rings (SSSR count). The minimum absolute atomic E-state index is 0.183. The van der Waals surface area contributed by atoms with E-state index >= 15 is 0 Å². The molecule has 1 N–H and O–H groups in total. The molecule has 5 heteroatoms. The largest absolute Gasteiger partial charge is 0.384 e. The highest BCUT2D eigenvalue weighted by molar-refractivity contribution is 9.10. The van der Waals surface area contributed by atoms with Crippen LogP contribution in [0.25, 0.3) is 10.9 Å². The highest BCUT2D eigenvalue weighted by Crippen LogP contribution is 2.36. The van der Waals surface area contributed by atoms with Gasteiger partial charge in [0.05, 0.1) is 4.47 Å². The van der Waals surface area contributed by atoms with Gasteiger partial charge in [-0.25, -0.2) is 13.8 Å². The molecule has 0 spiro atoms. The highest BCUT2D eigenvalue weighted by atomic mass is 79.9. The molecule has 0 atom stereocenters. The molecule has 1 aromatic carbocycles. The first-order chi connectivity index (χ1) is 8.47. The van der Waals surface area contributed by atoms with Crippen LogP contribution in [0.1, 0.15) is 18.2 Å². The van der Waals surface area contributed by atoms with E-state index in [-0.39, 0.29) is 9.99 Å². The van der Waals surface area contributed by atoms with Gasteiger partial charge in [-0.15, -0.1) is 0 Å². The summed E-state index contributed by atoms with van der Waals surface area (Å²) >= 11 is 3.17. The van der Waals surface area contributed by atoms with Crippen LogP contribution in [0.3, 0.4) is 0 Å². The van der Waals surface area contributed by atoms with Gasteiger partial charge in [-0.3, -0.25) is 0 Å². The lowest BCUT2D eigenvalue weighted by molar-refractivity contribution is 0.586. The van der Waals surface area contributed by atoms with Crippen molar-refractivity contribution in [1.29, 1.82) is 0 Å². The number of aromatic nitrogens is 1. The number of nitrogens with zero attached hydrogens (tertiary/aromatic N) is 1. The molecular formula is C13H13BrF2N2. The molecule has 2 nitrogen and oxygen atoms in total. The molecule has 0 aliphatic rings. The number of pyridine rings is 1. The van der Waals surface area contributed by atoms with Crippen molar-refractivity contribution in [2.75, 3.05) is 11.9 Å². The van der Waals surface area contributed by atoms with Crippen molar-refractivity contribution in [3.63, 3.8) is 0 Å². The van der Waals surface area contributed by atoms with Crippen LogP contribution in [0, 0.1) is 25.5 Å². The second-order valence-electron chi connectivity index (χ2n) is 4.11. The minimum Gasteiger partial charge on any atom is -0.384 e. The Hall–Kier alpha value is -1.23. The fourth-order valence-corrected chi connectivity index (χ4v) is 2.44. The van der Waals surface area contributed by atoms with E-state index in [1.807, 2.05) is 20.8 Å². The van der Waals surface area contributed by atoms with E-state index in [2.05, 4.69) is 26.2 Å². The van der Waals surface area contributed by atoms with Crippen LogP contribution in [0.15, 0.2) is 10.5 Å². The smallest absolute Gasteiger partial charge is 0.152 e. The molecule has 96 valence electrons. The number of hydrogen-bond acceptors (Lipinski definition) is 2. The Kier molecular flexibility index (Phi) is 3.52. The summed E-state index contributed by atoms with van der Waals surface area (Å²) in [5.74, 6) is -1.27. The summed E-state index contributed by atoms with van der Waals surface area (Å²) in [4.78, 5) is 4.21. The molecule has 0 radical (unpaired) electrons. The van der Waals surface area contributed by atoms with Crippen LogP contribution in [0.5, 0.6) is 0 Å². The monoisotopic (exact) mass is 314 g/mol.